The lowest BCUT2D eigenvalue weighted by atomic mass is 10.2. The van der Waals surface area contributed by atoms with Crippen molar-refractivity contribution in [2.24, 2.45) is 0 Å². The van der Waals surface area contributed by atoms with Crippen LogP contribution in [0.3, 0.4) is 0 Å². The molecule has 0 spiro atoms. The molecular formula is C7H9NS. The second kappa shape index (κ2) is 2.10. The van der Waals surface area contributed by atoms with Crippen molar-refractivity contribution in [2.75, 3.05) is 12.3 Å². The zero-order valence-electron chi connectivity index (χ0n) is 5.18. The Balaban J connectivity index is 2.28. The Morgan fingerprint density at radius 3 is 3.44 bits per heavy atom. The van der Waals surface area contributed by atoms with Crippen LogP contribution >= 0.6 is 11.8 Å². The maximum atomic E-state index is 3.35. The monoisotopic (exact) mass is 139 g/mol. The molecule has 0 aromatic rings. The lowest BCUT2D eigenvalue weighted by Gasteiger charge is -2.08. The normalized spacial score (nSPS) is 24.0. The number of dihydropyridines is 1. The minimum Gasteiger partial charge on any atom is -0.384 e. The van der Waals surface area contributed by atoms with Gasteiger partial charge in [0, 0.05) is 22.9 Å². The first kappa shape index (κ1) is 5.42. The number of nitrogens with one attached hydrogen (secondary N) is 1. The van der Waals surface area contributed by atoms with E-state index in [1.54, 1.807) is 0 Å². The lowest BCUT2D eigenvalue weighted by molar-refractivity contribution is 0.843. The van der Waals surface area contributed by atoms with Gasteiger partial charge in [0.05, 0.1) is 0 Å². The fourth-order valence-electron chi connectivity index (χ4n) is 1.15. The molecule has 0 aromatic carbocycles. The van der Waals surface area contributed by atoms with Crippen molar-refractivity contribution in [1.82, 2.24) is 5.32 Å². The molecule has 2 heterocycles. The molecule has 0 aliphatic carbocycles. The average molecular weight is 139 g/mol. The van der Waals surface area contributed by atoms with Crippen LogP contribution in [-0.4, -0.2) is 12.3 Å². The summed E-state index contributed by atoms with van der Waals surface area (Å²) in [5, 5.41) is 3.35. The van der Waals surface area contributed by atoms with E-state index in [4.69, 9.17) is 0 Å². The summed E-state index contributed by atoms with van der Waals surface area (Å²) in [6.07, 6.45) is 5.64. The van der Waals surface area contributed by atoms with E-state index in [0.717, 1.165) is 6.54 Å². The topological polar surface area (TPSA) is 12.0 Å². The molecule has 0 atom stereocenters. The molecule has 0 saturated carbocycles. The maximum absolute atomic E-state index is 3.35. The van der Waals surface area contributed by atoms with Crippen LogP contribution in [0.25, 0.3) is 0 Å². The van der Waals surface area contributed by atoms with Gasteiger partial charge in [-0.3, -0.25) is 0 Å². The van der Waals surface area contributed by atoms with E-state index in [-0.39, 0.29) is 0 Å². The van der Waals surface area contributed by atoms with Crippen LogP contribution in [-0.2, 0) is 0 Å². The molecule has 0 fully saturated rings. The molecule has 2 rings (SSSR count). The minimum atomic E-state index is 1.03. The van der Waals surface area contributed by atoms with Gasteiger partial charge in [0.1, 0.15) is 0 Å². The van der Waals surface area contributed by atoms with Crippen molar-refractivity contribution in [1.29, 1.82) is 0 Å². The van der Waals surface area contributed by atoms with Crippen molar-refractivity contribution in [3.8, 4) is 0 Å². The van der Waals surface area contributed by atoms with E-state index < -0.39 is 0 Å². The van der Waals surface area contributed by atoms with Gasteiger partial charge in [-0.05, 0) is 12.5 Å². The van der Waals surface area contributed by atoms with Crippen LogP contribution in [0, 0.1) is 0 Å². The van der Waals surface area contributed by atoms with Crippen molar-refractivity contribution >= 4 is 11.8 Å². The molecule has 0 amide bonds. The van der Waals surface area contributed by atoms with Gasteiger partial charge in [-0.25, -0.2) is 0 Å². The summed E-state index contributed by atoms with van der Waals surface area (Å²) in [7, 11) is 0. The van der Waals surface area contributed by atoms with Crippen LogP contribution in [0.5, 0.6) is 0 Å². The van der Waals surface area contributed by atoms with E-state index in [0.29, 0.717) is 0 Å². The number of thioether (sulfide) groups is 1. The third-order valence-electron chi connectivity index (χ3n) is 1.61. The third-order valence-corrected chi connectivity index (χ3v) is 2.71. The van der Waals surface area contributed by atoms with E-state index in [9.17, 15) is 0 Å². The minimum absolute atomic E-state index is 1.03. The molecule has 0 bridgehead atoms. The lowest BCUT2D eigenvalue weighted by Crippen LogP contribution is -2.15. The summed E-state index contributed by atoms with van der Waals surface area (Å²) >= 11 is 1.96. The van der Waals surface area contributed by atoms with Crippen molar-refractivity contribution in [3.05, 3.63) is 22.8 Å². The molecule has 2 aliphatic heterocycles. The zero-order chi connectivity index (χ0) is 6.10. The number of allylic oxidation sites excluding steroid dienone is 2. The fourth-order valence-corrected chi connectivity index (χ4v) is 2.21. The van der Waals surface area contributed by atoms with Gasteiger partial charge in [0.25, 0.3) is 0 Å². The number of rotatable bonds is 0. The molecule has 0 unspecified atom stereocenters. The van der Waals surface area contributed by atoms with Gasteiger partial charge >= 0.3 is 0 Å². The predicted molar refractivity (Wildman–Crippen MR) is 41.2 cm³/mol. The van der Waals surface area contributed by atoms with Crippen LogP contribution in [0.15, 0.2) is 22.8 Å². The van der Waals surface area contributed by atoms with Gasteiger partial charge in [-0.15, -0.1) is 11.8 Å². The van der Waals surface area contributed by atoms with Crippen LogP contribution in [0.2, 0.25) is 0 Å². The zero-order valence-corrected chi connectivity index (χ0v) is 6.00. The van der Waals surface area contributed by atoms with Gasteiger partial charge in [0.2, 0.25) is 0 Å². The standard InChI is InChI=1S/C7H9NS/c1-2-7-6(8-4-1)3-5-9-7/h1-2,8H,3-5H2. The van der Waals surface area contributed by atoms with Crippen LogP contribution in [0.4, 0.5) is 0 Å². The highest BCUT2D eigenvalue weighted by Crippen LogP contribution is 2.31. The Kier molecular flexibility index (Phi) is 1.27. The SMILES string of the molecule is C1=CC2=C(CCS2)NC1. The van der Waals surface area contributed by atoms with E-state index in [2.05, 4.69) is 17.5 Å². The van der Waals surface area contributed by atoms with Gasteiger partial charge in [-0.1, -0.05) is 6.08 Å². The molecule has 1 N–H and O–H groups in total. The van der Waals surface area contributed by atoms with Gasteiger partial charge in [0.15, 0.2) is 0 Å². The average Bonchev–Trinajstić information content (AvgIpc) is 2.33. The smallest absolute Gasteiger partial charge is 0.0331 e. The van der Waals surface area contributed by atoms with Crippen molar-refractivity contribution in [3.63, 3.8) is 0 Å². The van der Waals surface area contributed by atoms with E-state index >= 15 is 0 Å². The number of hydrogen-bond donors (Lipinski definition) is 1. The first-order valence-corrected chi connectivity index (χ1v) is 4.22. The molecule has 0 saturated heterocycles. The Labute approximate surface area is 59.2 Å². The Morgan fingerprint density at radius 1 is 1.56 bits per heavy atom. The molecule has 1 nitrogen and oxygen atoms in total. The van der Waals surface area contributed by atoms with E-state index in [1.165, 1.54) is 22.8 Å². The summed E-state index contributed by atoms with van der Waals surface area (Å²) in [5.74, 6) is 1.27. The summed E-state index contributed by atoms with van der Waals surface area (Å²) in [6, 6.07) is 0. The summed E-state index contributed by atoms with van der Waals surface area (Å²) in [5.41, 5.74) is 1.46. The highest BCUT2D eigenvalue weighted by Gasteiger charge is 2.13. The molecular weight excluding hydrogens is 130 g/mol. The van der Waals surface area contributed by atoms with Crippen molar-refractivity contribution in [2.45, 2.75) is 6.42 Å². The largest absolute Gasteiger partial charge is 0.384 e. The third kappa shape index (κ3) is 0.874. The van der Waals surface area contributed by atoms with Crippen molar-refractivity contribution < 1.29 is 0 Å². The van der Waals surface area contributed by atoms with Gasteiger partial charge in [-0.2, -0.15) is 0 Å². The Morgan fingerprint density at radius 2 is 2.56 bits per heavy atom. The second-order valence-electron chi connectivity index (χ2n) is 2.22. The Hall–Kier alpha value is -0.370. The Bertz CT molecular complexity index is 181. The van der Waals surface area contributed by atoms with E-state index in [1.807, 2.05) is 11.8 Å². The first-order valence-electron chi connectivity index (χ1n) is 3.23. The van der Waals surface area contributed by atoms with Crippen LogP contribution in [0.1, 0.15) is 6.42 Å². The highest BCUT2D eigenvalue weighted by atomic mass is 32.2. The maximum Gasteiger partial charge on any atom is 0.0331 e. The molecule has 0 radical (unpaired) electrons. The quantitative estimate of drug-likeness (QED) is 0.545. The molecule has 0 aromatic heterocycles. The molecule has 2 aliphatic rings. The second-order valence-corrected chi connectivity index (χ2v) is 3.36. The highest BCUT2D eigenvalue weighted by molar-refractivity contribution is 8.03. The predicted octanol–water partition coefficient (Wildman–Crippen LogP) is 1.49. The summed E-state index contributed by atoms with van der Waals surface area (Å²) < 4.78 is 0. The van der Waals surface area contributed by atoms with Gasteiger partial charge < -0.3 is 5.32 Å². The summed E-state index contributed by atoms with van der Waals surface area (Å²) in [4.78, 5) is 1.46. The molecule has 48 valence electrons. The molecule has 9 heavy (non-hydrogen) atoms. The number of hydrogen-bond acceptors (Lipinski definition) is 2. The molecule has 2 heteroatoms. The first-order chi connectivity index (χ1) is 4.47. The fraction of sp³-hybridized carbons (Fsp3) is 0.429. The van der Waals surface area contributed by atoms with Crippen LogP contribution < -0.4 is 5.32 Å². The summed E-state index contributed by atoms with van der Waals surface area (Å²) in [6.45, 7) is 1.03.